The van der Waals surface area contributed by atoms with Gasteiger partial charge in [-0.3, -0.25) is 9.59 Å². The maximum absolute atomic E-state index is 13.8. The summed E-state index contributed by atoms with van der Waals surface area (Å²) in [7, 11) is 3.84. The highest BCUT2D eigenvalue weighted by molar-refractivity contribution is 6.02. The number of nitrogens with zero attached hydrogens (tertiary/aromatic N) is 2. The third-order valence-electron chi connectivity index (χ3n) is 5.69. The minimum absolute atomic E-state index is 0.0999. The van der Waals surface area contributed by atoms with E-state index in [4.69, 9.17) is 4.42 Å². The van der Waals surface area contributed by atoms with Crippen LogP contribution in [-0.2, 0) is 6.54 Å². The SMILES string of the molecule is CC(C)[C@H](C)N(Cc1cc(NC(=O)c2ccco2)ccc1N(C)C)C(=O)c1cccc(F)c1. The normalized spacial score (nSPS) is 11.8. The molecule has 2 amide bonds. The highest BCUT2D eigenvalue weighted by Gasteiger charge is 2.26. The van der Waals surface area contributed by atoms with E-state index in [1.165, 1.54) is 24.5 Å². The molecule has 0 aliphatic rings. The quantitative estimate of drug-likeness (QED) is 0.496. The van der Waals surface area contributed by atoms with Crippen LogP contribution in [-0.4, -0.2) is 36.9 Å². The summed E-state index contributed by atoms with van der Waals surface area (Å²) in [6, 6.07) is 14.5. The Labute approximate surface area is 194 Å². The van der Waals surface area contributed by atoms with Crippen molar-refractivity contribution in [3.8, 4) is 0 Å². The van der Waals surface area contributed by atoms with Crippen molar-refractivity contribution in [1.29, 1.82) is 0 Å². The van der Waals surface area contributed by atoms with Gasteiger partial charge in [-0.25, -0.2) is 4.39 Å². The van der Waals surface area contributed by atoms with Gasteiger partial charge < -0.3 is 19.5 Å². The summed E-state index contributed by atoms with van der Waals surface area (Å²) in [5, 5.41) is 2.84. The van der Waals surface area contributed by atoms with Gasteiger partial charge in [0.25, 0.3) is 11.8 Å². The van der Waals surface area contributed by atoms with Crippen molar-refractivity contribution in [3.63, 3.8) is 0 Å². The summed E-state index contributed by atoms with van der Waals surface area (Å²) < 4.78 is 19.0. The van der Waals surface area contributed by atoms with Crippen molar-refractivity contribution in [3.05, 3.63) is 83.6 Å². The molecule has 3 aromatic rings. The fraction of sp³-hybridized carbons (Fsp3) is 0.308. The zero-order valence-electron chi connectivity index (χ0n) is 19.6. The molecule has 7 heteroatoms. The van der Waals surface area contributed by atoms with Crippen molar-refractivity contribution in [1.82, 2.24) is 4.90 Å². The molecule has 0 fully saturated rings. The molecule has 1 aromatic heterocycles. The van der Waals surface area contributed by atoms with E-state index in [0.29, 0.717) is 17.8 Å². The maximum Gasteiger partial charge on any atom is 0.291 e. The number of halogens is 1. The topological polar surface area (TPSA) is 65.8 Å². The molecule has 0 aliphatic heterocycles. The first-order valence-corrected chi connectivity index (χ1v) is 10.9. The lowest BCUT2D eigenvalue weighted by Gasteiger charge is -2.33. The first-order chi connectivity index (χ1) is 15.7. The van der Waals surface area contributed by atoms with Gasteiger partial charge in [0.2, 0.25) is 0 Å². The third-order valence-corrected chi connectivity index (χ3v) is 5.69. The number of furan rings is 1. The van der Waals surface area contributed by atoms with Crippen LogP contribution >= 0.6 is 0 Å². The van der Waals surface area contributed by atoms with E-state index < -0.39 is 5.82 Å². The van der Waals surface area contributed by atoms with E-state index in [0.717, 1.165) is 11.3 Å². The average molecular weight is 452 g/mol. The Morgan fingerprint density at radius 3 is 2.39 bits per heavy atom. The lowest BCUT2D eigenvalue weighted by Crippen LogP contribution is -2.41. The van der Waals surface area contributed by atoms with Crippen molar-refractivity contribution in [2.45, 2.75) is 33.4 Å². The Balaban J connectivity index is 1.96. The fourth-order valence-corrected chi connectivity index (χ4v) is 3.56. The molecule has 174 valence electrons. The Morgan fingerprint density at radius 1 is 1.03 bits per heavy atom. The summed E-state index contributed by atoms with van der Waals surface area (Å²) in [6.45, 7) is 6.37. The molecule has 2 aromatic carbocycles. The van der Waals surface area contributed by atoms with Crippen LogP contribution in [0.3, 0.4) is 0 Å². The summed E-state index contributed by atoms with van der Waals surface area (Å²) >= 11 is 0. The molecule has 0 saturated heterocycles. The van der Waals surface area contributed by atoms with E-state index >= 15 is 0 Å². The van der Waals surface area contributed by atoms with E-state index in [2.05, 4.69) is 5.32 Å². The predicted octanol–water partition coefficient (Wildman–Crippen LogP) is 5.42. The van der Waals surface area contributed by atoms with Crippen LogP contribution in [0.4, 0.5) is 15.8 Å². The van der Waals surface area contributed by atoms with Gasteiger partial charge >= 0.3 is 0 Å². The molecule has 1 heterocycles. The van der Waals surface area contributed by atoms with E-state index in [9.17, 15) is 14.0 Å². The van der Waals surface area contributed by atoms with Gasteiger partial charge in [0.15, 0.2) is 5.76 Å². The third kappa shape index (κ3) is 5.80. The van der Waals surface area contributed by atoms with Crippen molar-refractivity contribution in [2.75, 3.05) is 24.3 Å². The van der Waals surface area contributed by atoms with E-state index in [-0.39, 0.29) is 29.5 Å². The van der Waals surface area contributed by atoms with Crippen molar-refractivity contribution >= 4 is 23.2 Å². The molecule has 0 aliphatic carbocycles. The molecule has 1 atom stereocenters. The number of rotatable bonds is 8. The summed E-state index contributed by atoms with van der Waals surface area (Å²) in [5.41, 5.74) is 2.66. The summed E-state index contributed by atoms with van der Waals surface area (Å²) in [4.78, 5) is 29.6. The number of carbonyl (C=O) groups excluding carboxylic acids is 2. The van der Waals surface area contributed by atoms with Crippen LogP contribution in [0.25, 0.3) is 0 Å². The second kappa shape index (κ2) is 10.3. The van der Waals surface area contributed by atoms with Crippen molar-refractivity contribution < 1.29 is 18.4 Å². The van der Waals surface area contributed by atoms with E-state index in [1.54, 1.807) is 23.1 Å². The number of carbonyl (C=O) groups is 2. The molecular weight excluding hydrogens is 421 g/mol. The summed E-state index contributed by atoms with van der Waals surface area (Å²) in [5.74, 6) is -0.649. The molecular formula is C26H30FN3O3. The molecule has 6 nitrogen and oxygen atoms in total. The first-order valence-electron chi connectivity index (χ1n) is 10.9. The monoisotopic (exact) mass is 451 g/mol. The van der Waals surface area contributed by atoms with Crippen molar-refractivity contribution in [2.24, 2.45) is 5.92 Å². The van der Waals surface area contributed by atoms with Crippen LogP contribution in [0.2, 0.25) is 0 Å². The first kappa shape index (κ1) is 24.0. The number of benzene rings is 2. The van der Waals surface area contributed by atoms with E-state index in [1.807, 2.05) is 58.0 Å². The molecule has 0 saturated carbocycles. The van der Waals surface area contributed by atoms with Crippen LogP contribution in [0.15, 0.2) is 65.3 Å². The second-order valence-electron chi connectivity index (χ2n) is 8.60. The smallest absolute Gasteiger partial charge is 0.291 e. The zero-order valence-corrected chi connectivity index (χ0v) is 19.6. The van der Waals surface area contributed by atoms with Crippen LogP contribution < -0.4 is 10.2 Å². The van der Waals surface area contributed by atoms with Gasteiger partial charge in [-0.1, -0.05) is 19.9 Å². The van der Waals surface area contributed by atoms with Gasteiger partial charge in [-0.15, -0.1) is 0 Å². The highest BCUT2D eigenvalue weighted by Crippen LogP contribution is 2.27. The molecule has 0 bridgehead atoms. The lowest BCUT2D eigenvalue weighted by molar-refractivity contribution is 0.0627. The Morgan fingerprint density at radius 2 is 1.79 bits per heavy atom. The number of hydrogen-bond donors (Lipinski definition) is 1. The summed E-state index contributed by atoms with van der Waals surface area (Å²) in [6.07, 6.45) is 1.44. The average Bonchev–Trinajstić information content (AvgIpc) is 3.31. The van der Waals surface area contributed by atoms with Crippen LogP contribution in [0.1, 0.15) is 47.2 Å². The Hall–Kier alpha value is -3.61. The fourth-order valence-electron chi connectivity index (χ4n) is 3.56. The standard InChI is InChI=1S/C26H30FN3O3/c1-17(2)18(3)30(26(32)19-8-6-9-21(27)14-19)16-20-15-22(11-12-23(20)29(4)5)28-25(31)24-10-7-13-33-24/h6-15,17-18H,16H2,1-5H3,(H,28,31)/t18-/m0/s1. The molecule has 0 unspecified atom stereocenters. The number of amides is 2. The lowest BCUT2D eigenvalue weighted by atomic mass is 10.0. The number of nitrogens with one attached hydrogen (secondary N) is 1. The zero-order chi connectivity index (χ0) is 24.1. The maximum atomic E-state index is 13.8. The van der Waals surface area contributed by atoms with Gasteiger partial charge in [0.1, 0.15) is 5.82 Å². The van der Waals surface area contributed by atoms with Gasteiger partial charge in [0, 0.05) is 43.6 Å². The van der Waals surface area contributed by atoms with Crippen LogP contribution in [0, 0.1) is 11.7 Å². The second-order valence-corrected chi connectivity index (χ2v) is 8.60. The molecule has 3 rings (SSSR count). The minimum Gasteiger partial charge on any atom is -0.459 e. The molecule has 1 N–H and O–H groups in total. The molecule has 0 radical (unpaired) electrons. The number of anilines is 2. The number of hydrogen-bond acceptors (Lipinski definition) is 4. The Bertz CT molecular complexity index is 1110. The largest absolute Gasteiger partial charge is 0.459 e. The highest BCUT2D eigenvalue weighted by atomic mass is 19.1. The predicted molar refractivity (Wildman–Crippen MR) is 128 cm³/mol. The Kier molecular flexibility index (Phi) is 7.53. The minimum atomic E-state index is -0.449. The van der Waals surface area contributed by atoms with Gasteiger partial charge in [-0.2, -0.15) is 0 Å². The van der Waals surface area contributed by atoms with Gasteiger partial charge in [-0.05, 0) is 66.9 Å². The van der Waals surface area contributed by atoms with Crippen LogP contribution in [0.5, 0.6) is 0 Å². The van der Waals surface area contributed by atoms with Gasteiger partial charge in [0.05, 0.1) is 6.26 Å². The molecule has 0 spiro atoms. The molecule has 33 heavy (non-hydrogen) atoms.